The number of hydrogen-bond acceptors (Lipinski definition) is 0. The van der Waals surface area contributed by atoms with Crippen molar-refractivity contribution in [3.8, 4) is 28.2 Å². The highest BCUT2D eigenvalue weighted by Gasteiger charge is 2.43. The Balaban J connectivity index is 1.13. The number of para-hydroxylation sites is 4. The van der Waals surface area contributed by atoms with Crippen molar-refractivity contribution in [2.75, 3.05) is 0 Å². The molecule has 14 rings (SSSR count). The van der Waals surface area contributed by atoms with E-state index in [9.17, 15) is 0 Å². The molecule has 328 valence electrons. The lowest BCUT2D eigenvalue weighted by molar-refractivity contribution is 1.15. The number of fused-ring (bicyclic) bond motifs is 9. The predicted octanol–water partition coefficient (Wildman–Crippen LogP) is 14.0. The minimum Gasteiger partial charge on any atom is -0.309 e. The Morgan fingerprint density at radius 2 is 0.700 bits per heavy atom. The van der Waals surface area contributed by atoms with E-state index in [1.165, 1.54) is 86.3 Å². The third kappa shape index (κ3) is 5.94. The summed E-state index contributed by atoms with van der Waals surface area (Å²) in [7, 11) is -3.01. The van der Waals surface area contributed by atoms with Crippen molar-refractivity contribution in [2.45, 2.75) is 0 Å². The van der Waals surface area contributed by atoms with E-state index in [1.807, 2.05) is 0 Å². The second kappa shape index (κ2) is 16.1. The van der Waals surface area contributed by atoms with Crippen LogP contribution in [0.25, 0.3) is 93.6 Å². The van der Waals surface area contributed by atoms with Crippen LogP contribution in [0.2, 0.25) is 0 Å². The van der Waals surface area contributed by atoms with Gasteiger partial charge in [0.2, 0.25) is 0 Å². The standard InChI is InChI=1S/C66H45N3Si/c1-5-22-46(23-6-1)47-24-19-25-48(44-47)68-61-39-21-40-62(65(61)57-43-42-49(45-63(57)68)67-58-36-16-13-32-53(58)54-33-14-17-37-59(54)67)69-60-38-18-15-34-55(60)56-35-20-41-64(66(56)69)70(50-26-7-2-8-27-50,51-28-9-3-10-29-51)52-30-11-4-12-31-52/h1-45H. The molecule has 3 heterocycles. The lowest BCUT2D eigenvalue weighted by Crippen LogP contribution is -2.75. The summed E-state index contributed by atoms with van der Waals surface area (Å²) in [5, 5.41) is 12.8. The first-order chi connectivity index (χ1) is 34.8. The van der Waals surface area contributed by atoms with Crippen molar-refractivity contribution < 1.29 is 0 Å². The maximum atomic E-state index is 2.62. The van der Waals surface area contributed by atoms with E-state index in [1.54, 1.807) is 0 Å². The molecule has 11 aromatic carbocycles. The summed E-state index contributed by atoms with van der Waals surface area (Å²) in [6.45, 7) is 0. The number of benzene rings is 11. The Labute approximate surface area is 407 Å². The molecule has 3 aromatic heterocycles. The molecule has 70 heavy (non-hydrogen) atoms. The summed E-state index contributed by atoms with van der Waals surface area (Å²) < 4.78 is 7.56. The van der Waals surface area contributed by atoms with Crippen LogP contribution in [-0.4, -0.2) is 21.8 Å². The van der Waals surface area contributed by atoms with Crippen LogP contribution in [0.5, 0.6) is 0 Å². The van der Waals surface area contributed by atoms with Crippen LogP contribution in [0, 0.1) is 0 Å². The van der Waals surface area contributed by atoms with Gasteiger partial charge >= 0.3 is 0 Å². The van der Waals surface area contributed by atoms with Gasteiger partial charge in [-0.15, -0.1) is 0 Å². The van der Waals surface area contributed by atoms with E-state index >= 15 is 0 Å². The maximum absolute atomic E-state index is 3.01. The van der Waals surface area contributed by atoms with Crippen molar-refractivity contribution in [1.82, 2.24) is 13.7 Å². The fraction of sp³-hybridized carbons (Fsp3) is 0. The summed E-state index contributed by atoms with van der Waals surface area (Å²) in [6.07, 6.45) is 0. The van der Waals surface area contributed by atoms with E-state index < -0.39 is 8.07 Å². The molecule has 0 amide bonds. The zero-order valence-electron chi connectivity index (χ0n) is 38.3. The first-order valence-corrected chi connectivity index (χ1v) is 26.2. The van der Waals surface area contributed by atoms with Crippen molar-refractivity contribution in [1.29, 1.82) is 0 Å². The molecule has 0 aliphatic carbocycles. The molecular weight excluding hydrogens is 863 g/mol. The van der Waals surface area contributed by atoms with Crippen LogP contribution in [0.15, 0.2) is 273 Å². The molecule has 4 heteroatoms. The fourth-order valence-corrected chi connectivity index (χ4v) is 16.9. The largest absolute Gasteiger partial charge is 0.309 e. The van der Waals surface area contributed by atoms with Crippen LogP contribution in [-0.2, 0) is 0 Å². The molecule has 0 saturated heterocycles. The van der Waals surface area contributed by atoms with Gasteiger partial charge in [0.05, 0.1) is 38.8 Å². The zero-order chi connectivity index (χ0) is 46.2. The topological polar surface area (TPSA) is 14.8 Å². The summed E-state index contributed by atoms with van der Waals surface area (Å²) in [5.74, 6) is 0. The van der Waals surface area contributed by atoms with Gasteiger partial charge in [0.25, 0.3) is 0 Å². The molecule has 0 aliphatic heterocycles. The van der Waals surface area contributed by atoms with Crippen molar-refractivity contribution in [3.05, 3.63) is 273 Å². The maximum Gasteiger partial charge on any atom is 0.181 e. The van der Waals surface area contributed by atoms with E-state index in [2.05, 4.69) is 287 Å². The number of rotatable bonds is 8. The predicted molar refractivity (Wildman–Crippen MR) is 299 cm³/mol. The number of hydrogen-bond donors (Lipinski definition) is 0. The van der Waals surface area contributed by atoms with Gasteiger partial charge in [-0.1, -0.05) is 218 Å². The van der Waals surface area contributed by atoms with Crippen LogP contribution in [0.4, 0.5) is 0 Å². The molecule has 0 radical (unpaired) electrons. The number of aromatic nitrogens is 3. The average Bonchev–Trinajstić information content (AvgIpc) is 4.08. The molecule has 0 bridgehead atoms. The molecule has 0 N–H and O–H groups in total. The lowest BCUT2D eigenvalue weighted by atomic mass is 10.1. The summed E-state index contributed by atoms with van der Waals surface area (Å²) in [5.41, 5.74) is 12.9. The highest BCUT2D eigenvalue weighted by molar-refractivity contribution is 7.20. The van der Waals surface area contributed by atoms with Gasteiger partial charge in [0, 0.05) is 43.7 Å². The number of nitrogens with zero attached hydrogens (tertiary/aromatic N) is 3. The van der Waals surface area contributed by atoms with E-state index in [-0.39, 0.29) is 0 Å². The van der Waals surface area contributed by atoms with Crippen molar-refractivity contribution >= 4 is 94.2 Å². The first kappa shape index (κ1) is 40.1. The molecule has 0 spiro atoms. The van der Waals surface area contributed by atoms with Crippen LogP contribution >= 0.6 is 0 Å². The highest BCUT2D eigenvalue weighted by atomic mass is 28.3. The van der Waals surface area contributed by atoms with Crippen molar-refractivity contribution in [2.24, 2.45) is 0 Å². The Morgan fingerprint density at radius 3 is 1.31 bits per heavy atom. The monoisotopic (exact) mass is 907 g/mol. The summed E-state index contributed by atoms with van der Waals surface area (Å²) >= 11 is 0. The molecular formula is C66H45N3Si. The van der Waals surface area contributed by atoms with Gasteiger partial charge in [0.15, 0.2) is 8.07 Å². The smallest absolute Gasteiger partial charge is 0.181 e. The summed E-state index contributed by atoms with van der Waals surface area (Å²) in [6, 6.07) is 101. The Hall–Kier alpha value is -8.96. The second-order valence-corrected chi connectivity index (χ2v) is 22.2. The molecule has 14 aromatic rings. The van der Waals surface area contributed by atoms with Gasteiger partial charge in [-0.3, -0.25) is 0 Å². The Bertz CT molecular complexity index is 4130. The van der Waals surface area contributed by atoms with Gasteiger partial charge in [-0.05, 0) is 86.5 Å². The third-order valence-electron chi connectivity index (χ3n) is 14.8. The third-order valence-corrected chi connectivity index (χ3v) is 19.6. The van der Waals surface area contributed by atoms with Crippen LogP contribution in [0.3, 0.4) is 0 Å². The average molecular weight is 908 g/mol. The summed E-state index contributed by atoms with van der Waals surface area (Å²) in [4.78, 5) is 0. The van der Waals surface area contributed by atoms with Crippen LogP contribution < -0.4 is 20.7 Å². The van der Waals surface area contributed by atoms with Gasteiger partial charge < -0.3 is 13.7 Å². The Morgan fingerprint density at radius 1 is 0.257 bits per heavy atom. The minimum atomic E-state index is -3.01. The normalized spacial score (nSPS) is 12.0. The lowest BCUT2D eigenvalue weighted by Gasteiger charge is -2.35. The van der Waals surface area contributed by atoms with Gasteiger partial charge in [-0.2, -0.15) is 0 Å². The zero-order valence-corrected chi connectivity index (χ0v) is 39.3. The van der Waals surface area contributed by atoms with Crippen LogP contribution in [0.1, 0.15) is 0 Å². The SMILES string of the molecule is c1ccc(-c2cccc(-n3c4cc(-n5c6ccccc6c6ccccc65)ccc4c4c(-n5c6ccccc6c6cccc([Si](c7ccccc7)(c7ccccc7)c7ccccc7)c65)cccc43)c2)cc1. The van der Waals surface area contributed by atoms with Gasteiger partial charge in [0.1, 0.15) is 0 Å². The van der Waals surface area contributed by atoms with E-state index in [4.69, 9.17) is 0 Å². The quantitative estimate of drug-likeness (QED) is 0.107. The molecule has 0 atom stereocenters. The second-order valence-electron chi connectivity index (χ2n) is 18.4. The first-order valence-electron chi connectivity index (χ1n) is 24.2. The molecule has 0 saturated carbocycles. The Kier molecular flexibility index (Phi) is 9.23. The fourth-order valence-electron chi connectivity index (χ4n) is 11.9. The van der Waals surface area contributed by atoms with E-state index in [0.29, 0.717) is 0 Å². The molecule has 0 aliphatic rings. The van der Waals surface area contributed by atoms with Gasteiger partial charge in [-0.25, -0.2) is 0 Å². The highest BCUT2D eigenvalue weighted by Crippen LogP contribution is 2.42. The van der Waals surface area contributed by atoms with E-state index in [0.717, 1.165) is 28.1 Å². The van der Waals surface area contributed by atoms with Crippen molar-refractivity contribution in [3.63, 3.8) is 0 Å². The molecule has 3 nitrogen and oxygen atoms in total. The minimum absolute atomic E-state index is 1.12. The molecule has 0 fully saturated rings. The molecule has 0 unspecified atom stereocenters.